The summed E-state index contributed by atoms with van der Waals surface area (Å²) in [5.74, 6) is -3.32. The maximum absolute atomic E-state index is 14.8. The van der Waals surface area contributed by atoms with E-state index in [9.17, 15) is 24.3 Å². The van der Waals surface area contributed by atoms with Gasteiger partial charge in [-0.1, -0.05) is 61.5 Å². The Morgan fingerprint density at radius 1 is 1.17 bits per heavy atom. The molecule has 2 N–H and O–H groups in total. The van der Waals surface area contributed by atoms with Crippen LogP contribution in [0.4, 0.5) is 5.69 Å². The monoisotopic (exact) mass is 657 g/mol. The molecule has 1 spiro atoms. The van der Waals surface area contributed by atoms with Crippen molar-refractivity contribution in [2.45, 2.75) is 82.7 Å². The highest BCUT2D eigenvalue weighted by molar-refractivity contribution is 6.05. The average Bonchev–Trinajstić information content (AvgIpc) is 3.74. The summed E-state index contributed by atoms with van der Waals surface area (Å²) in [4.78, 5) is 59.2. The Morgan fingerprint density at radius 2 is 1.92 bits per heavy atom. The molecule has 256 valence electrons. The van der Waals surface area contributed by atoms with E-state index in [1.54, 1.807) is 17.1 Å². The molecule has 2 aromatic carbocycles. The topological polar surface area (TPSA) is 125 Å². The Hall–Kier alpha value is -4.28. The predicted octanol–water partition coefficient (Wildman–Crippen LogP) is 4.33. The number of aliphatic hydroxyl groups excluding tert-OH is 1. The molecule has 2 bridgehead atoms. The number of esters is 1. The number of aliphatic hydroxyl groups is 1. The molecule has 10 nitrogen and oxygen atoms in total. The largest absolute Gasteiger partial charge is 0.463 e. The fourth-order valence-electron chi connectivity index (χ4n) is 7.71. The zero-order chi connectivity index (χ0) is 34.6. The number of carbonyl (C=O) groups is 4. The third-order valence-corrected chi connectivity index (χ3v) is 10.1. The summed E-state index contributed by atoms with van der Waals surface area (Å²) < 4.78 is 12.2. The smallest absolute Gasteiger partial charge is 0.306 e. The van der Waals surface area contributed by atoms with Crippen LogP contribution in [0.15, 0.2) is 73.8 Å². The first-order valence-corrected chi connectivity index (χ1v) is 16.8. The number of nitrogens with one attached hydrogen (secondary N) is 1. The van der Waals surface area contributed by atoms with E-state index in [4.69, 9.17) is 9.47 Å². The number of hydrogen-bond acceptors (Lipinski definition) is 7. The number of rotatable bonds is 15. The number of aryl methyl sites for hydroxylation is 2. The summed E-state index contributed by atoms with van der Waals surface area (Å²) >= 11 is 0. The van der Waals surface area contributed by atoms with Gasteiger partial charge in [0.25, 0.3) is 5.91 Å². The molecule has 10 heteroatoms. The van der Waals surface area contributed by atoms with Gasteiger partial charge in [-0.05, 0) is 62.3 Å². The first kappa shape index (κ1) is 35.0. The molecule has 3 saturated heterocycles. The van der Waals surface area contributed by atoms with Crippen LogP contribution in [-0.4, -0.2) is 77.2 Å². The first-order valence-electron chi connectivity index (χ1n) is 16.8. The maximum atomic E-state index is 14.8. The lowest BCUT2D eigenvalue weighted by Crippen LogP contribution is -2.59. The van der Waals surface area contributed by atoms with Gasteiger partial charge >= 0.3 is 5.97 Å². The third kappa shape index (κ3) is 6.43. The Labute approximate surface area is 282 Å². The highest BCUT2D eigenvalue weighted by Crippen LogP contribution is 2.59. The SMILES string of the molecule is C=CCCC(=O)OC[C@@H](NC(=O)[C@@H]1[C@@H]2CC[C@]3(O2)[C@H](C(=O)N(CC=C)c2cc(C)ccc2C)N([C@@H](CC)CO)C(=O)[C@@H]13)c1ccccc1. The zero-order valence-corrected chi connectivity index (χ0v) is 28.1. The summed E-state index contributed by atoms with van der Waals surface area (Å²) in [6.45, 7) is 13.1. The van der Waals surface area contributed by atoms with E-state index in [1.165, 1.54) is 4.90 Å². The first-order chi connectivity index (χ1) is 23.1. The van der Waals surface area contributed by atoms with Gasteiger partial charge in [-0.15, -0.1) is 13.2 Å². The molecule has 48 heavy (non-hydrogen) atoms. The van der Waals surface area contributed by atoms with Gasteiger partial charge in [-0.25, -0.2) is 0 Å². The highest BCUT2D eigenvalue weighted by atomic mass is 16.5. The van der Waals surface area contributed by atoms with Crippen molar-refractivity contribution in [2.24, 2.45) is 11.8 Å². The minimum absolute atomic E-state index is 0.0876. The van der Waals surface area contributed by atoms with Gasteiger partial charge in [-0.2, -0.15) is 0 Å². The van der Waals surface area contributed by atoms with Crippen molar-refractivity contribution in [1.29, 1.82) is 0 Å². The lowest BCUT2D eigenvalue weighted by Gasteiger charge is -2.39. The molecule has 2 aromatic rings. The van der Waals surface area contributed by atoms with E-state index in [0.29, 0.717) is 31.4 Å². The lowest BCUT2D eigenvalue weighted by atomic mass is 9.70. The van der Waals surface area contributed by atoms with Crippen LogP contribution in [-0.2, 0) is 28.7 Å². The van der Waals surface area contributed by atoms with E-state index in [2.05, 4.69) is 18.5 Å². The zero-order valence-electron chi connectivity index (χ0n) is 28.1. The van der Waals surface area contributed by atoms with Crippen LogP contribution in [0.2, 0.25) is 0 Å². The van der Waals surface area contributed by atoms with Crippen molar-refractivity contribution in [3.8, 4) is 0 Å². The fourth-order valence-corrected chi connectivity index (χ4v) is 7.71. The Morgan fingerprint density at radius 3 is 2.58 bits per heavy atom. The molecule has 3 fully saturated rings. The summed E-state index contributed by atoms with van der Waals surface area (Å²) in [6, 6.07) is 12.7. The third-order valence-electron chi connectivity index (χ3n) is 10.1. The molecule has 3 aliphatic rings. The lowest BCUT2D eigenvalue weighted by molar-refractivity contribution is -0.146. The molecule has 0 saturated carbocycles. The van der Waals surface area contributed by atoms with Crippen LogP contribution in [0.25, 0.3) is 0 Å². The van der Waals surface area contributed by atoms with Gasteiger partial charge in [0.05, 0.1) is 36.6 Å². The molecule has 0 radical (unpaired) electrons. The predicted molar refractivity (Wildman–Crippen MR) is 182 cm³/mol. The molecule has 0 aromatic heterocycles. The summed E-state index contributed by atoms with van der Waals surface area (Å²) in [5.41, 5.74) is 2.07. The molecule has 0 unspecified atom stereocenters. The molecule has 3 heterocycles. The summed E-state index contributed by atoms with van der Waals surface area (Å²) in [5, 5.41) is 13.5. The number of amides is 3. The number of likely N-dealkylation sites (tertiary alicyclic amines) is 1. The van der Waals surface area contributed by atoms with E-state index in [0.717, 1.165) is 16.7 Å². The number of nitrogens with zero attached hydrogens (tertiary/aromatic N) is 2. The van der Waals surface area contributed by atoms with E-state index >= 15 is 0 Å². The second kappa shape index (κ2) is 14.9. The van der Waals surface area contributed by atoms with Crippen LogP contribution >= 0.6 is 0 Å². The normalized spacial score (nSPS) is 25.2. The minimum Gasteiger partial charge on any atom is -0.463 e. The number of ether oxygens (including phenoxy) is 2. The molecule has 0 aliphatic carbocycles. The van der Waals surface area contributed by atoms with Crippen molar-refractivity contribution >= 4 is 29.4 Å². The Bertz CT molecular complexity index is 1540. The van der Waals surface area contributed by atoms with Crippen LogP contribution in [0.1, 0.15) is 61.8 Å². The second-order valence-electron chi connectivity index (χ2n) is 13.1. The summed E-state index contributed by atoms with van der Waals surface area (Å²) in [6.07, 6.45) is 4.69. The second-order valence-corrected chi connectivity index (χ2v) is 13.1. The van der Waals surface area contributed by atoms with Gasteiger partial charge in [-0.3, -0.25) is 19.2 Å². The Balaban J connectivity index is 1.49. The van der Waals surface area contributed by atoms with Gasteiger partial charge in [0.15, 0.2) is 0 Å². The van der Waals surface area contributed by atoms with Crippen LogP contribution in [0.5, 0.6) is 0 Å². The number of anilines is 1. The number of fused-ring (bicyclic) bond motifs is 1. The number of allylic oxidation sites excluding steroid dienone is 1. The van der Waals surface area contributed by atoms with Gasteiger partial charge in [0, 0.05) is 18.7 Å². The number of carbonyl (C=O) groups excluding carboxylic acids is 4. The quantitative estimate of drug-likeness (QED) is 0.216. The van der Waals surface area contributed by atoms with E-state index in [1.807, 2.05) is 69.3 Å². The van der Waals surface area contributed by atoms with Crippen molar-refractivity contribution in [1.82, 2.24) is 10.2 Å². The van der Waals surface area contributed by atoms with Crippen LogP contribution in [0, 0.1) is 25.7 Å². The van der Waals surface area contributed by atoms with Crippen LogP contribution in [0.3, 0.4) is 0 Å². The maximum Gasteiger partial charge on any atom is 0.306 e. The molecular formula is C38H47N3O7. The molecular weight excluding hydrogens is 610 g/mol. The van der Waals surface area contributed by atoms with E-state index < -0.39 is 53.5 Å². The van der Waals surface area contributed by atoms with Crippen molar-refractivity contribution in [2.75, 3.05) is 24.7 Å². The van der Waals surface area contributed by atoms with Crippen molar-refractivity contribution in [3.05, 3.63) is 90.5 Å². The fraction of sp³-hybridized carbons (Fsp3) is 0.474. The van der Waals surface area contributed by atoms with Crippen LogP contribution < -0.4 is 10.2 Å². The van der Waals surface area contributed by atoms with Gasteiger partial charge in [0.2, 0.25) is 11.8 Å². The van der Waals surface area contributed by atoms with E-state index in [-0.39, 0.29) is 38.0 Å². The minimum atomic E-state index is -1.25. The standard InChI is InChI=1S/C38H47N3O7/c1-6-9-15-31(43)47-23-28(26-13-11-10-12-14-26)39-35(44)32-30-18-19-38(48-30)33(32)36(45)41(27(8-3)22-42)34(38)37(46)40(20-7-2)29-21-24(4)16-17-25(29)5/h6-7,10-14,16-17,21,27-28,30,32-34,42H,1-2,8-9,15,18-20,22-23H2,3-5H3,(H,39,44)/t27-,28+,30-,32+,33+,34-,38+/m0/s1. The van der Waals surface area contributed by atoms with Gasteiger partial charge in [0.1, 0.15) is 18.2 Å². The highest BCUT2D eigenvalue weighted by Gasteiger charge is 2.75. The Kier molecular flexibility index (Phi) is 10.9. The summed E-state index contributed by atoms with van der Waals surface area (Å²) in [7, 11) is 0. The average molecular weight is 658 g/mol. The molecule has 5 rings (SSSR count). The molecule has 7 atom stereocenters. The molecule has 3 amide bonds. The number of hydrogen-bond donors (Lipinski definition) is 2. The van der Waals surface area contributed by atoms with Gasteiger partial charge < -0.3 is 29.7 Å². The number of benzene rings is 2. The van der Waals surface area contributed by atoms with Crippen molar-refractivity contribution in [3.63, 3.8) is 0 Å². The molecule has 3 aliphatic heterocycles. The van der Waals surface area contributed by atoms with Crippen molar-refractivity contribution < 1.29 is 33.8 Å².